The van der Waals surface area contributed by atoms with Crippen LogP contribution in [0.1, 0.15) is 43.7 Å². The average Bonchev–Trinajstić information content (AvgIpc) is 2.65. The maximum Gasteiger partial charge on any atom is 0.226 e. The van der Waals surface area contributed by atoms with Gasteiger partial charge >= 0.3 is 0 Å². The highest BCUT2D eigenvalue weighted by atomic mass is 79.9. The number of allylic oxidation sites excluding steroid dienone is 1. The van der Waals surface area contributed by atoms with Gasteiger partial charge in [-0.15, -0.1) is 0 Å². The van der Waals surface area contributed by atoms with Crippen molar-refractivity contribution in [2.75, 3.05) is 26.2 Å². The van der Waals surface area contributed by atoms with Crippen molar-refractivity contribution in [3.8, 4) is 6.07 Å². The fourth-order valence-corrected chi connectivity index (χ4v) is 3.88. The molecule has 0 saturated carbocycles. The van der Waals surface area contributed by atoms with E-state index >= 15 is 0 Å². The van der Waals surface area contributed by atoms with Crippen molar-refractivity contribution in [2.45, 2.75) is 38.1 Å². The Kier molecular flexibility index (Phi) is 6.28. The van der Waals surface area contributed by atoms with E-state index in [0.29, 0.717) is 19.5 Å². The quantitative estimate of drug-likeness (QED) is 0.714. The second-order valence-corrected chi connectivity index (χ2v) is 7.70. The molecule has 0 spiro atoms. The molecule has 1 heterocycles. The van der Waals surface area contributed by atoms with E-state index < -0.39 is 0 Å². The van der Waals surface area contributed by atoms with E-state index in [1.807, 2.05) is 29.2 Å². The first-order valence-electron chi connectivity index (χ1n) is 9.02. The van der Waals surface area contributed by atoms with Crippen LogP contribution in [0.15, 0.2) is 40.4 Å². The van der Waals surface area contributed by atoms with Crippen LogP contribution in [-0.2, 0) is 4.79 Å². The SMILES string of the molecule is N#CC(c1ccc(Br)cc1)N1CCN(C(=O)CC2=CCCCC2)CC1. The first-order valence-corrected chi connectivity index (χ1v) is 9.81. The number of piperazine rings is 1. The number of halogens is 1. The molecule has 5 heteroatoms. The maximum atomic E-state index is 12.5. The average molecular weight is 402 g/mol. The molecule has 3 rings (SSSR count). The van der Waals surface area contributed by atoms with Crippen molar-refractivity contribution >= 4 is 21.8 Å². The summed E-state index contributed by atoms with van der Waals surface area (Å²) in [5.41, 5.74) is 2.32. The standard InChI is InChI=1S/C20H24BrN3O/c21-18-8-6-17(7-9-18)19(15-22)23-10-12-24(13-11-23)20(25)14-16-4-2-1-3-5-16/h4,6-9,19H,1-3,5,10-14H2. The normalized spacial score (nSPS) is 19.8. The Morgan fingerprint density at radius 1 is 1.16 bits per heavy atom. The summed E-state index contributed by atoms with van der Waals surface area (Å²) in [5, 5.41) is 9.60. The van der Waals surface area contributed by atoms with E-state index in [1.54, 1.807) is 0 Å². The van der Waals surface area contributed by atoms with Gasteiger partial charge in [0.15, 0.2) is 0 Å². The molecule has 2 aliphatic rings. The van der Waals surface area contributed by atoms with Crippen LogP contribution >= 0.6 is 15.9 Å². The van der Waals surface area contributed by atoms with Crippen LogP contribution in [0.2, 0.25) is 0 Å². The molecular weight excluding hydrogens is 378 g/mol. The van der Waals surface area contributed by atoms with E-state index in [0.717, 1.165) is 36.0 Å². The Morgan fingerprint density at radius 2 is 1.88 bits per heavy atom. The molecule has 0 N–H and O–H groups in total. The zero-order chi connectivity index (χ0) is 17.6. The lowest BCUT2D eigenvalue weighted by molar-refractivity contribution is -0.132. The minimum Gasteiger partial charge on any atom is -0.340 e. The number of hydrogen-bond donors (Lipinski definition) is 0. The summed E-state index contributed by atoms with van der Waals surface area (Å²) in [6, 6.07) is 10.1. The highest BCUT2D eigenvalue weighted by Gasteiger charge is 2.27. The molecule has 1 unspecified atom stereocenters. The molecule has 4 nitrogen and oxygen atoms in total. The molecule has 0 radical (unpaired) electrons. The molecule has 0 bridgehead atoms. The second kappa shape index (κ2) is 8.64. The van der Waals surface area contributed by atoms with Crippen molar-refractivity contribution in [3.63, 3.8) is 0 Å². The lowest BCUT2D eigenvalue weighted by Gasteiger charge is -2.37. The molecule has 0 aromatic heterocycles. The van der Waals surface area contributed by atoms with Crippen LogP contribution < -0.4 is 0 Å². The van der Waals surface area contributed by atoms with Gasteiger partial charge in [0, 0.05) is 37.1 Å². The molecule has 1 atom stereocenters. The minimum absolute atomic E-state index is 0.241. The molecule has 1 aliphatic heterocycles. The highest BCUT2D eigenvalue weighted by molar-refractivity contribution is 9.10. The van der Waals surface area contributed by atoms with Crippen molar-refractivity contribution in [3.05, 3.63) is 46.0 Å². The number of carbonyl (C=O) groups is 1. The molecule has 1 aromatic carbocycles. The summed E-state index contributed by atoms with van der Waals surface area (Å²) in [5.74, 6) is 0.241. The van der Waals surface area contributed by atoms with Gasteiger partial charge in [-0.25, -0.2) is 0 Å². The zero-order valence-corrected chi connectivity index (χ0v) is 16.0. The predicted molar refractivity (Wildman–Crippen MR) is 102 cm³/mol. The zero-order valence-electron chi connectivity index (χ0n) is 14.5. The summed E-state index contributed by atoms with van der Waals surface area (Å²) >= 11 is 3.43. The highest BCUT2D eigenvalue weighted by Crippen LogP contribution is 2.25. The second-order valence-electron chi connectivity index (χ2n) is 6.78. The summed E-state index contributed by atoms with van der Waals surface area (Å²) in [6.07, 6.45) is 7.48. The van der Waals surface area contributed by atoms with E-state index in [2.05, 4.69) is 33.0 Å². The summed E-state index contributed by atoms with van der Waals surface area (Å²) < 4.78 is 1.01. The minimum atomic E-state index is -0.244. The number of nitrogens with zero attached hydrogens (tertiary/aromatic N) is 3. The van der Waals surface area contributed by atoms with Gasteiger partial charge in [-0.1, -0.05) is 39.7 Å². The van der Waals surface area contributed by atoms with Crippen molar-refractivity contribution in [2.24, 2.45) is 0 Å². The van der Waals surface area contributed by atoms with Crippen LogP contribution in [0.25, 0.3) is 0 Å². The largest absolute Gasteiger partial charge is 0.340 e. The Labute approximate surface area is 158 Å². The van der Waals surface area contributed by atoms with Gasteiger partial charge in [-0.05, 0) is 43.4 Å². The van der Waals surface area contributed by atoms with Crippen LogP contribution in [0.4, 0.5) is 0 Å². The fraction of sp³-hybridized carbons (Fsp3) is 0.500. The van der Waals surface area contributed by atoms with Crippen LogP contribution in [-0.4, -0.2) is 41.9 Å². The first kappa shape index (κ1) is 18.2. The van der Waals surface area contributed by atoms with Crippen LogP contribution in [0, 0.1) is 11.3 Å². The number of hydrogen-bond acceptors (Lipinski definition) is 3. The number of amides is 1. The third-order valence-corrected chi connectivity index (χ3v) is 5.63. The Bertz CT molecular complexity index is 669. The summed E-state index contributed by atoms with van der Waals surface area (Å²) in [6.45, 7) is 2.92. The monoisotopic (exact) mass is 401 g/mol. The van der Waals surface area contributed by atoms with Crippen LogP contribution in [0.5, 0.6) is 0 Å². The topological polar surface area (TPSA) is 47.3 Å². The number of rotatable bonds is 4. The Morgan fingerprint density at radius 3 is 2.48 bits per heavy atom. The van der Waals surface area contributed by atoms with Gasteiger partial charge in [0.1, 0.15) is 6.04 Å². The molecule has 132 valence electrons. The lowest BCUT2D eigenvalue weighted by Crippen LogP contribution is -2.49. The van der Waals surface area contributed by atoms with E-state index in [9.17, 15) is 10.1 Å². The Hall–Kier alpha value is -1.64. The molecule has 1 saturated heterocycles. The lowest BCUT2D eigenvalue weighted by atomic mass is 9.96. The van der Waals surface area contributed by atoms with Crippen molar-refractivity contribution in [1.29, 1.82) is 5.26 Å². The van der Waals surface area contributed by atoms with Gasteiger partial charge in [0.05, 0.1) is 6.07 Å². The fourth-order valence-electron chi connectivity index (χ4n) is 3.61. The smallest absolute Gasteiger partial charge is 0.226 e. The number of benzene rings is 1. The molecule has 1 amide bonds. The van der Waals surface area contributed by atoms with Gasteiger partial charge in [-0.3, -0.25) is 9.69 Å². The van der Waals surface area contributed by atoms with Crippen molar-refractivity contribution < 1.29 is 4.79 Å². The van der Waals surface area contributed by atoms with Gasteiger partial charge in [0.25, 0.3) is 0 Å². The Balaban J connectivity index is 1.55. The predicted octanol–water partition coefficient (Wildman–Crippen LogP) is 4.05. The molecule has 25 heavy (non-hydrogen) atoms. The van der Waals surface area contributed by atoms with E-state index in [-0.39, 0.29) is 11.9 Å². The molecular formula is C20H24BrN3O. The van der Waals surface area contributed by atoms with Crippen LogP contribution in [0.3, 0.4) is 0 Å². The number of nitriles is 1. The van der Waals surface area contributed by atoms with E-state index in [4.69, 9.17) is 0 Å². The van der Waals surface area contributed by atoms with Gasteiger partial charge < -0.3 is 4.90 Å². The third-order valence-electron chi connectivity index (χ3n) is 5.10. The van der Waals surface area contributed by atoms with Crippen molar-refractivity contribution in [1.82, 2.24) is 9.80 Å². The number of carbonyl (C=O) groups excluding carboxylic acids is 1. The van der Waals surface area contributed by atoms with Gasteiger partial charge in [-0.2, -0.15) is 5.26 Å². The summed E-state index contributed by atoms with van der Waals surface area (Å²) in [7, 11) is 0. The van der Waals surface area contributed by atoms with E-state index in [1.165, 1.54) is 18.4 Å². The first-order chi connectivity index (χ1) is 12.2. The molecule has 1 fully saturated rings. The maximum absolute atomic E-state index is 12.5. The summed E-state index contributed by atoms with van der Waals surface area (Å²) in [4.78, 5) is 16.6. The molecule has 1 aromatic rings. The molecule has 1 aliphatic carbocycles. The third kappa shape index (κ3) is 4.71. The van der Waals surface area contributed by atoms with Gasteiger partial charge in [0.2, 0.25) is 5.91 Å².